The fourth-order valence-corrected chi connectivity index (χ4v) is 1.73. The Balaban J connectivity index is 0.00000324. The number of rotatable bonds is 7. The highest BCUT2D eigenvalue weighted by molar-refractivity contribution is 9.10. The molecule has 0 radical (unpaired) electrons. The number of benzene rings is 1. The van der Waals surface area contributed by atoms with E-state index in [1.165, 1.54) is 0 Å². The van der Waals surface area contributed by atoms with E-state index in [9.17, 15) is 4.79 Å². The van der Waals surface area contributed by atoms with Gasteiger partial charge in [-0.25, -0.2) is 0 Å². The number of carbonyl (C=O) groups excluding carboxylic acids is 1. The van der Waals surface area contributed by atoms with Gasteiger partial charge in [-0.3, -0.25) is 4.79 Å². The predicted molar refractivity (Wildman–Crippen MR) is 81.3 cm³/mol. The average Bonchev–Trinajstić information content (AvgIpc) is 2.37. The van der Waals surface area contributed by atoms with E-state index in [2.05, 4.69) is 26.6 Å². The van der Waals surface area contributed by atoms with Crippen molar-refractivity contribution in [2.75, 3.05) is 39.2 Å². The summed E-state index contributed by atoms with van der Waals surface area (Å²) in [6, 6.07) is 5.39. The van der Waals surface area contributed by atoms with Crippen molar-refractivity contribution in [2.45, 2.75) is 0 Å². The van der Waals surface area contributed by atoms with Crippen molar-refractivity contribution < 1.29 is 14.3 Å². The highest BCUT2D eigenvalue weighted by atomic mass is 79.9. The molecule has 19 heavy (non-hydrogen) atoms. The summed E-state index contributed by atoms with van der Waals surface area (Å²) >= 11 is 3.35. The second-order valence-electron chi connectivity index (χ2n) is 3.57. The highest BCUT2D eigenvalue weighted by Gasteiger charge is 2.05. The van der Waals surface area contributed by atoms with Gasteiger partial charge in [0.15, 0.2) is 0 Å². The molecule has 0 saturated carbocycles. The lowest BCUT2D eigenvalue weighted by atomic mass is 10.3. The SMILES string of the molecule is COCCNCC(=O)Nc1ccc(Br)c(OC)c1.Cl. The van der Waals surface area contributed by atoms with Crippen molar-refractivity contribution in [1.29, 1.82) is 0 Å². The van der Waals surface area contributed by atoms with Crippen LogP contribution in [0, 0.1) is 0 Å². The second-order valence-corrected chi connectivity index (χ2v) is 4.42. The molecule has 1 rings (SSSR count). The fraction of sp³-hybridized carbons (Fsp3) is 0.417. The lowest BCUT2D eigenvalue weighted by molar-refractivity contribution is -0.115. The third-order valence-electron chi connectivity index (χ3n) is 2.20. The smallest absolute Gasteiger partial charge is 0.238 e. The van der Waals surface area contributed by atoms with Gasteiger partial charge in [-0.2, -0.15) is 0 Å². The Morgan fingerprint density at radius 1 is 1.37 bits per heavy atom. The number of amides is 1. The molecular weight excluding hydrogens is 336 g/mol. The van der Waals surface area contributed by atoms with Crippen LogP contribution >= 0.6 is 28.3 Å². The van der Waals surface area contributed by atoms with Gasteiger partial charge in [-0.1, -0.05) is 0 Å². The third kappa shape index (κ3) is 6.77. The van der Waals surface area contributed by atoms with Crippen LogP contribution in [-0.2, 0) is 9.53 Å². The van der Waals surface area contributed by atoms with E-state index in [1.807, 2.05) is 6.07 Å². The molecule has 0 aliphatic heterocycles. The van der Waals surface area contributed by atoms with Gasteiger partial charge >= 0.3 is 0 Å². The molecule has 1 amide bonds. The zero-order valence-corrected chi connectivity index (χ0v) is 13.3. The predicted octanol–water partition coefficient (Wildman–Crippen LogP) is 2.05. The molecule has 5 nitrogen and oxygen atoms in total. The Morgan fingerprint density at radius 3 is 2.74 bits per heavy atom. The maximum absolute atomic E-state index is 11.6. The summed E-state index contributed by atoms with van der Waals surface area (Å²) in [5.41, 5.74) is 0.702. The Labute approximate surface area is 127 Å². The number of hydrogen-bond acceptors (Lipinski definition) is 4. The van der Waals surface area contributed by atoms with Gasteiger partial charge in [0.05, 0.1) is 24.7 Å². The van der Waals surface area contributed by atoms with Crippen LogP contribution in [0.1, 0.15) is 0 Å². The van der Waals surface area contributed by atoms with Crippen LogP contribution in [0.15, 0.2) is 22.7 Å². The number of anilines is 1. The van der Waals surface area contributed by atoms with Crippen molar-refractivity contribution in [3.8, 4) is 5.75 Å². The van der Waals surface area contributed by atoms with E-state index >= 15 is 0 Å². The first-order valence-corrected chi connectivity index (χ1v) is 6.29. The largest absolute Gasteiger partial charge is 0.495 e. The van der Waals surface area contributed by atoms with Crippen LogP contribution in [-0.4, -0.2) is 39.8 Å². The van der Waals surface area contributed by atoms with Crippen LogP contribution < -0.4 is 15.4 Å². The summed E-state index contributed by atoms with van der Waals surface area (Å²) in [7, 11) is 3.20. The molecule has 0 aliphatic rings. The van der Waals surface area contributed by atoms with Gasteiger partial charge < -0.3 is 20.1 Å². The minimum atomic E-state index is -0.101. The Kier molecular flexibility index (Phi) is 9.59. The summed E-state index contributed by atoms with van der Waals surface area (Å²) in [6.07, 6.45) is 0. The quantitative estimate of drug-likeness (QED) is 0.737. The molecule has 0 unspecified atom stereocenters. The minimum Gasteiger partial charge on any atom is -0.495 e. The number of halogens is 2. The number of hydrogen-bond donors (Lipinski definition) is 2. The van der Waals surface area contributed by atoms with Gasteiger partial charge in [0.2, 0.25) is 5.91 Å². The van der Waals surface area contributed by atoms with Crippen molar-refractivity contribution in [1.82, 2.24) is 5.32 Å². The summed E-state index contributed by atoms with van der Waals surface area (Å²) in [5, 5.41) is 5.75. The molecule has 0 saturated heterocycles. The standard InChI is InChI=1S/C12H17BrN2O3.ClH/c1-17-6-5-14-8-12(16)15-9-3-4-10(13)11(7-9)18-2;/h3-4,7,14H,5-6,8H2,1-2H3,(H,15,16);1H. The van der Waals surface area contributed by atoms with E-state index in [4.69, 9.17) is 9.47 Å². The van der Waals surface area contributed by atoms with E-state index in [0.717, 1.165) is 4.47 Å². The van der Waals surface area contributed by atoms with E-state index in [-0.39, 0.29) is 24.9 Å². The summed E-state index contributed by atoms with van der Waals surface area (Å²) in [4.78, 5) is 11.6. The molecule has 0 atom stereocenters. The number of nitrogens with one attached hydrogen (secondary N) is 2. The zero-order valence-electron chi connectivity index (χ0n) is 10.9. The van der Waals surface area contributed by atoms with Gasteiger partial charge in [0.1, 0.15) is 5.75 Å². The van der Waals surface area contributed by atoms with E-state index in [0.29, 0.717) is 24.6 Å². The molecule has 108 valence electrons. The topological polar surface area (TPSA) is 59.6 Å². The molecular formula is C12H18BrClN2O3. The highest BCUT2D eigenvalue weighted by Crippen LogP contribution is 2.27. The van der Waals surface area contributed by atoms with Crippen LogP contribution in [0.4, 0.5) is 5.69 Å². The normalized spacial score (nSPS) is 9.63. The second kappa shape index (κ2) is 10.0. The summed E-state index contributed by atoms with van der Waals surface area (Å²) in [5.74, 6) is 0.579. The van der Waals surface area contributed by atoms with Crippen molar-refractivity contribution in [3.05, 3.63) is 22.7 Å². The number of carbonyl (C=O) groups is 1. The first-order chi connectivity index (χ1) is 8.67. The van der Waals surface area contributed by atoms with Crippen molar-refractivity contribution >= 4 is 39.9 Å². The van der Waals surface area contributed by atoms with Gasteiger partial charge in [-0.05, 0) is 28.1 Å². The minimum absolute atomic E-state index is 0. The van der Waals surface area contributed by atoms with Crippen LogP contribution in [0.5, 0.6) is 5.75 Å². The van der Waals surface area contributed by atoms with Crippen LogP contribution in [0.25, 0.3) is 0 Å². The average molecular weight is 354 g/mol. The zero-order chi connectivity index (χ0) is 13.4. The maximum atomic E-state index is 11.6. The summed E-state index contributed by atoms with van der Waals surface area (Å²) < 4.78 is 10.9. The third-order valence-corrected chi connectivity index (χ3v) is 2.86. The Bertz CT molecular complexity index is 405. The van der Waals surface area contributed by atoms with Crippen molar-refractivity contribution in [3.63, 3.8) is 0 Å². The molecule has 0 heterocycles. The van der Waals surface area contributed by atoms with E-state index in [1.54, 1.807) is 26.4 Å². The maximum Gasteiger partial charge on any atom is 0.238 e. The molecule has 0 fully saturated rings. The molecule has 0 bridgehead atoms. The lowest BCUT2D eigenvalue weighted by Gasteiger charge is -2.09. The summed E-state index contributed by atoms with van der Waals surface area (Å²) in [6.45, 7) is 1.48. The molecule has 0 aromatic heterocycles. The molecule has 2 N–H and O–H groups in total. The number of ether oxygens (including phenoxy) is 2. The van der Waals surface area contributed by atoms with Gasteiger partial charge in [0.25, 0.3) is 0 Å². The van der Waals surface area contributed by atoms with Crippen molar-refractivity contribution in [2.24, 2.45) is 0 Å². The molecule has 7 heteroatoms. The van der Waals surface area contributed by atoms with Gasteiger partial charge in [0, 0.05) is 25.4 Å². The first-order valence-electron chi connectivity index (χ1n) is 5.50. The number of methoxy groups -OCH3 is 2. The first kappa shape index (κ1) is 18.2. The molecule has 0 spiro atoms. The van der Waals surface area contributed by atoms with Crippen LogP contribution in [0.2, 0.25) is 0 Å². The molecule has 1 aromatic carbocycles. The molecule has 1 aromatic rings. The van der Waals surface area contributed by atoms with Crippen LogP contribution in [0.3, 0.4) is 0 Å². The Hall–Kier alpha value is -0.820. The fourth-order valence-electron chi connectivity index (χ4n) is 1.32. The monoisotopic (exact) mass is 352 g/mol. The van der Waals surface area contributed by atoms with Gasteiger partial charge in [-0.15, -0.1) is 12.4 Å². The lowest BCUT2D eigenvalue weighted by Crippen LogP contribution is -2.30. The molecule has 0 aliphatic carbocycles. The van der Waals surface area contributed by atoms with E-state index < -0.39 is 0 Å². The Morgan fingerprint density at radius 2 is 2.11 bits per heavy atom.